The Bertz CT molecular complexity index is 577. The maximum Gasteiger partial charge on any atom is 0.241 e. The number of hydrogen-bond donors (Lipinski definition) is 1. The van der Waals surface area contributed by atoms with Gasteiger partial charge in [-0.1, -0.05) is 24.4 Å². The first kappa shape index (κ1) is 17.7. The van der Waals surface area contributed by atoms with E-state index in [0.717, 1.165) is 19.6 Å². The van der Waals surface area contributed by atoms with E-state index < -0.39 is 15.6 Å². The molecule has 0 aliphatic carbocycles. The summed E-state index contributed by atoms with van der Waals surface area (Å²) in [6.45, 7) is 6.69. The Morgan fingerprint density at radius 1 is 1.09 bits per heavy atom. The minimum atomic E-state index is -3.53. The van der Waals surface area contributed by atoms with E-state index >= 15 is 0 Å². The molecular weight excluding hydrogens is 320 g/mol. The molecule has 4 nitrogen and oxygen atoms in total. The molecule has 1 fully saturated rings. The van der Waals surface area contributed by atoms with Gasteiger partial charge in [0.1, 0.15) is 0 Å². The van der Waals surface area contributed by atoms with Crippen LogP contribution in [0.15, 0.2) is 29.2 Å². The Morgan fingerprint density at radius 3 is 2.18 bits per heavy atom. The van der Waals surface area contributed by atoms with Crippen LogP contribution in [0.5, 0.6) is 0 Å². The molecule has 2 rings (SSSR count). The molecule has 1 heterocycles. The van der Waals surface area contributed by atoms with E-state index in [2.05, 4.69) is 9.62 Å². The molecule has 0 spiro atoms. The van der Waals surface area contributed by atoms with Gasteiger partial charge in [-0.2, -0.15) is 0 Å². The van der Waals surface area contributed by atoms with Gasteiger partial charge in [0.25, 0.3) is 0 Å². The van der Waals surface area contributed by atoms with Gasteiger partial charge in [0.05, 0.1) is 4.90 Å². The summed E-state index contributed by atoms with van der Waals surface area (Å²) < 4.78 is 27.8. The van der Waals surface area contributed by atoms with Gasteiger partial charge >= 0.3 is 0 Å². The van der Waals surface area contributed by atoms with Gasteiger partial charge in [0.2, 0.25) is 10.0 Å². The fourth-order valence-electron chi connectivity index (χ4n) is 2.92. The summed E-state index contributed by atoms with van der Waals surface area (Å²) in [5.74, 6) is 0. The molecule has 0 bridgehead atoms. The smallest absolute Gasteiger partial charge is 0.241 e. The number of halogens is 1. The molecule has 6 heteroatoms. The molecule has 1 aliphatic rings. The molecule has 124 valence electrons. The van der Waals surface area contributed by atoms with Crippen LogP contribution in [0.4, 0.5) is 0 Å². The summed E-state index contributed by atoms with van der Waals surface area (Å²) in [6.07, 6.45) is 4.93. The predicted molar refractivity (Wildman–Crippen MR) is 90.8 cm³/mol. The van der Waals surface area contributed by atoms with Crippen LogP contribution >= 0.6 is 11.6 Å². The summed E-state index contributed by atoms with van der Waals surface area (Å²) in [5, 5.41) is 0.530. The van der Waals surface area contributed by atoms with Crippen molar-refractivity contribution in [1.29, 1.82) is 0 Å². The van der Waals surface area contributed by atoms with Crippen molar-refractivity contribution in [2.75, 3.05) is 19.6 Å². The summed E-state index contributed by atoms with van der Waals surface area (Å²) in [6, 6.07) is 6.26. The lowest BCUT2D eigenvalue weighted by Crippen LogP contribution is -2.51. The van der Waals surface area contributed by atoms with Gasteiger partial charge in [-0.25, -0.2) is 13.1 Å². The second kappa shape index (κ2) is 7.30. The van der Waals surface area contributed by atoms with Crippen LogP contribution in [0.25, 0.3) is 0 Å². The third-order valence-electron chi connectivity index (χ3n) is 3.85. The number of benzene rings is 1. The minimum Gasteiger partial charge on any atom is -0.301 e. The quantitative estimate of drug-likeness (QED) is 0.891. The van der Waals surface area contributed by atoms with E-state index in [0.29, 0.717) is 5.02 Å². The Balaban J connectivity index is 2.04. The second-order valence-electron chi connectivity index (χ2n) is 6.63. The van der Waals surface area contributed by atoms with Crippen LogP contribution in [0.3, 0.4) is 0 Å². The number of nitrogens with zero attached hydrogens (tertiary/aromatic N) is 1. The van der Waals surface area contributed by atoms with Crippen LogP contribution in [0.1, 0.15) is 39.5 Å². The highest BCUT2D eigenvalue weighted by molar-refractivity contribution is 7.89. The van der Waals surface area contributed by atoms with E-state index in [9.17, 15) is 8.42 Å². The first-order chi connectivity index (χ1) is 10.3. The number of rotatable bonds is 5. The lowest BCUT2D eigenvalue weighted by molar-refractivity contribution is 0.223. The summed E-state index contributed by atoms with van der Waals surface area (Å²) in [4.78, 5) is 2.61. The van der Waals surface area contributed by atoms with Crippen molar-refractivity contribution >= 4 is 21.6 Å². The van der Waals surface area contributed by atoms with Crippen molar-refractivity contribution in [2.24, 2.45) is 0 Å². The third-order valence-corrected chi connectivity index (χ3v) is 5.82. The number of sulfonamides is 1. The average molecular weight is 345 g/mol. The average Bonchev–Trinajstić information content (AvgIpc) is 2.66. The zero-order valence-corrected chi connectivity index (χ0v) is 14.9. The van der Waals surface area contributed by atoms with Crippen molar-refractivity contribution < 1.29 is 8.42 Å². The fraction of sp³-hybridized carbons (Fsp3) is 0.625. The molecule has 0 unspecified atom stereocenters. The molecule has 1 aliphatic heterocycles. The van der Waals surface area contributed by atoms with E-state index in [1.807, 2.05) is 13.8 Å². The first-order valence-corrected chi connectivity index (χ1v) is 9.67. The van der Waals surface area contributed by atoms with Gasteiger partial charge in [0, 0.05) is 17.1 Å². The van der Waals surface area contributed by atoms with Gasteiger partial charge in [0.15, 0.2) is 0 Å². The van der Waals surface area contributed by atoms with Crippen LogP contribution in [0.2, 0.25) is 5.02 Å². The Hall–Kier alpha value is -0.620. The Morgan fingerprint density at radius 2 is 1.64 bits per heavy atom. The van der Waals surface area contributed by atoms with Crippen LogP contribution in [-0.2, 0) is 10.0 Å². The van der Waals surface area contributed by atoms with Crippen LogP contribution in [-0.4, -0.2) is 38.5 Å². The lowest BCUT2D eigenvalue weighted by atomic mass is 10.1. The van der Waals surface area contributed by atoms with E-state index in [1.54, 1.807) is 12.1 Å². The molecule has 0 aromatic heterocycles. The van der Waals surface area contributed by atoms with Crippen molar-refractivity contribution in [3.05, 3.63) is 29.3 Å². The predicted octanol–water partition coefficient (Wildman–Crippen LogP) is 3.27. The fourth-order valence-corrected chi connectivity index (χ4v) is 4.45. The molecule has 0 atom stereocenters. The highest BCUT2D eigenvalue weighted by Crippen LogP contribution is 2.18. The molecule has 1 aromatic rings. The zero-order valence-electron chi connectivity index (χ0n) is 13.3. The molecule has 0 radical (unpaired) electrons. The topological polar surface area (TPSA) is 49.4 Å². The first-order valence-electron chi connectivity index (χ1n) is 7.80. The standard InChI is InChI=1S/C16H25ClN2O2S/c1-16(2,13-19-11-5-3-4-6-12-19)18-22(20,21)15-9-7-14(17)8-10-15/h7-10,18H,3-6,11-13H2,1-2H3. The van der Waals surface area contributed by atoms with E-state index in [-0.39, 0.29) is 4.90 Å². The second-order valence-corrected chi connectivity index (χ2v) is 8.75. The van der Waals surface area contributed by atoms with Crippen molar-refractivity contribution in [1.82, 2.24) is 9.62 Å². The molecule has 1 N–H and O–H groups in total. The summed E-state index contributed by atoms with van der Waals surface area (Å²) in [7, 11) is -3.53. The third kappa shape index (κ3) is 5.23. The minimum absolute atomic E-state index is 0.251. The van der Waals surface area contributed by atoms with Crippen LogP contribution < -0.4 is 4.72 Å². The van der Waals surface area contributed by atoms with Gasteiger partial charge in [-0.05, 0) is 64.0 Å². The molecule has 0 saturated carbocycles. The monoisotopic (exact) mass is 344 g/mol. The van der Waals surface area contributed by atoms with E-state index in [4.69, 9.17) is 11.6 Å². The van der Waals surface area contributed by atoms with Crippen molar-refractivity contribution in [3.8, 4) is 0 Å². The maximum atomic E-state index is 12.5. The van der Waals surface area contributed by atoms with E-state index in [1.165, 1.54) is 37.8 Å². The Labute approximate surface area is 138 Å². The molecule has 0 amide bonds. The van der Waals surface area contributed by atoms with Gasteiger partial charge in [-0.15, -0.1) is 0 Å². The Kier molecular flexibility index (Phi) is 5.88. The SMILES string of the molecule is CC(C)(CN1CCCCCC1)NS(=O)(=O)c1ccc(Cl)cc1. The van der Waals surface area contributed by atoms with Crippen molar-refractivity contribution in [2.45, 2.75) is 50.0 Å². The maximum absolute atomic E-state index is 12.5. The normalized spacial score (nSPS) is 18.1. The highest BCUT2D eigenvalue weighted by Gasteiger charge is 2.28. The molecule has 22 heavy (non-hydrogen) atoms. The number of hydrogen-bond acceptors (Lipinski definition) is 3. The largest absolute Gasteiger partial charge is 0.301 e. The van der Waals surface area contributed by atoms with Gasteiger partial charge < -0.3 is 4.90 Å². The summed E-state index contributed by atoms with van der Waals surface area (Å²) in [5.41, 5.74) is -0.511. The van der Waals surface area contributed by atoms with Crippen molar-refractivity contribution in [3.63, 3.8) is 0 Å². The molecule has 1 aromatic carbocycles. The van der Waals surface area contributed by atoms with Crippen LogP contribution in [0, 0.1) is 0 Å². The number of nitrogens with one attached hydrogen (secondary N) is 1. The van der Waals surface area contributed by atoms with Gasteiger partial charge in [-0.3, -0.25) is 0 Å². The molecule has 1 saturated heterocycles. The molecular formula is C16H25ClN2O2S. The lowest BCUT2D eigenvalue weighted by Gasteiger charge is -2.32. The zero-order chi connectivity index (χ0) is 16.2. The number of likely N-dealkylation sites (tertiary alicyclic amines) is 1. The highest BCUT2D eigenvalue weighted by atomic mass is 35.5. The summed E-state index contributed by atoms with van der Waals surface area (Å²) >= 11 is 5.82.